The molecular weight excluding hydrogens is 446 g/mol. The summed E-state index contributed by atoms with van der Waals surface area (Å²) in [6.07, 6.45) is 0. The maximum Gasteiger partial charge on any atom is 0.295 e. The van der Waals surface area contributed by atoms with Gasteiger partial charge in [0.05, 0.1) is 34.3 Å². The molecule has 0 bridgehead atoms. The van der Waals surface area contributed by atoms with Gasteiger partial charge in [-0.3, -0.25) is 20.3 Å². The minimum absolute atomic E-state index is 0.0244. The molecule has 3 aromatic rings. The first kappa shape index (κ1) is 23.2. The largest absolute Gasteiger partial charge is 0.497 e. The molecule has 0 aliphatic heterocycles. The lowest BCUT2D eigenvalue weighted by Gasteiger charge is -2.10. The second kappa shape index (κ2) is 9.80. The van der Waals surface area contributed by atoms with Crippen LogP contribution in [-0.4, -0.2) is 26.2 Å². The molecule has 0 saturated carbocycles. The van der Waals surface area contributed by atoms with Gasteiger partial charge in [0.15, 0.2) is 0 Å². The highest BCUT2D eigenvalue weighted by atomic mass is 32.2. The Morgan fingerprint density at radius 2 is 1.76 bits per heavy atom. The number of anilines is 2. The van der Waals surface area contributed by atoms with Gasteiger partial charge in [-0.15, -0.1) is 0 Å². The molecule has 0 radical (unpaired) electrons. The maximum atomic E-state index is 12.7. The van der Waals surface area contributed by atoms with E-state index in [2.05, 4.69) is 15.2 Å². The number of hydrogen-bond acceptors (Lipinski definition) is 8. The molecule has 0 unspecified atom stereocenters. The van der Waals surface area contributed by atoms with Gasteiger partial charge in [0, 0.05) is 11.8 Å². The molecule has 10 nitrogen and oxygen atoms in total. The van der Waals surface area contributed by atoms with Gasteiger partial charge in [-0.2, -0.15) is 10.4 Å². The molecule has 0 saturated heterocycles. The minimum atomic E-state index is -4.07. The SMILES string of the molecule is COc1ccc(NS(=O)(=O)c2ccc(N/N=C(\C)c3ccc(C#N)cc3)c([N+](=O)[O-])c2)cc1. The average Bonchev–Trinajstić information content (AvgIpc) is 2.82. The number of hydrazone groups is 1. The van der Waals surface area contributed by atoms with Crippen molar-refractivity contribution in [2.45, 2.75) is 11.8 Å². The summed E-state index contributed by atoms with van der Waals surface area (Å²) >= 11 is 0. The van der Waals surface area contributed by atoms with Crippen molar-refractivity contribution in [2.75, 3.05) is 17.3 Å². The lowest BCUT2D eigenvalue weighted by molar-refractivity contribution is -0.384. The smallest absolute Gasteiger partial charge is 0.295 e. The fourth-order valence-corrected chi connectivity index (χ4v) is 3.87. The Morgan fingerprint density at radius 1 is 1.09 bits per heavy atom. The molecule has 0 spiro atoms. The first-order valence-electron chi connectivity index (χ1n) is 9.49. The summed E-state index contributed by atoms with van der Waals surface area (Å²) in [4.78, 5) is 10.6. The van der Waals surface area contributed by atoms with Crippen molar-refractivity contribution < 1.29 is 18.1 Å². The standard InChI is InChI=1S/C22H19N5O5S/c1-15(17-5-3-16(14-23)4-6-17)24-25-21-12-11-20(13-22(21)27(28)29)33(30,31)26-18-7-9-19(32-2)10-8-18/h3-13,25-26H,1-2H3/b24-15+. The second-order valence-electron chi connectivity index (χ2n) is 6.77. The van der Waals surface area contributed by atoms with E-state index < -0.39 is 20.6 Å². The highest BCUT2D eigenvalue weighted by Crippen LogP contribution is 2.29. The topological polar surface area (TPSA) is 147 Å². The maximum absolute atomic E-state index is 12.7. The summed E-state index contributed by atoms with van der Waals surface area (Å²) in [6, 6.07) is 18.4. The van der Waals surface area contributed by atoms with Gasteiger partial charge >= 0.3 is 0 Å². The molecule has 0 amide bonds. The van der Waals surface area contributed by atoms with Crippen LogP contribution < -0.4 is 14.9 Å². The van der Waals surface area contributed by atoms with Crippen molar-refractivity contribution in [3.8, 4) is 11.8 Å². The zero-order chi connectivity index (χ0) is 24.0. The normalized spacial score (nSPS) is 11.4. The van der Waals surface area contributed by atoms with Crippen molar-refractivity contribution in [2.24, 2.45) is 5.10 Å². The van der Waals surface area contributed by atoms with Crippen LogP contribution in [0.15, 0.2) is 76.7 Å². The van der Waals surface area contributed by atoms with E-state index in [1.54, 1.807) is 43.3 Å². The lowest BCUT2D eigenvalue weighted by Crippen LogP contribution is -2.13. The van der Waals surface area contributed by atoms with Gasteiger partial charge < -0.3 is 4.74 Å². The van der Waals surface area contributed by atoms with E-state index in [1.165, 1.54) is 31.4 Å². The second-order valence-corrected chi connectivity index (χ2v) is 8.45. The number of nitrogens with one attached hydrogen (secondary N) is 2. The van der Waals surface area contributed by atoms with Crippen LogP contribution in [0.2, 0.25) is 0 Å². The van der Waals surface area contributed by atoms with Crippen LogP contribution in [0.3, 0.4) is 0 Å². The summed E-state index contributed by atoms with van der Waals surface area (Å²) in [5.74, 6) is 0.556. The first-order chi connectivity index (χ1) is 15.7. The number of benzene rings is 3. The van der Waals surface area contributed by atoms with E-state index in [1.807, 2.05) is 6.07 Å². The third-order valence-corrected chi connectivity index (χ3v) is 5.97. The molecule has 33 heavy (non-hydrogen) atoms. The monoisotopic (exact) mass is 465 g/mol. The Bertz CT molecular complexity index is 1350. The van der Waals surface area contributed by atoms with Crippen LogP contribution in [0.1, 0.15) is 18.1 Å². The number of ether oxygens (including phenoxy) is 1. The number of nitro benzene ring substituents is 1. The molecule has 3 aromatic carbocycles. The van der Waals surface area contributed by atoms with E-state index in [0.29, 0.717) is 22.6 Å². The molecule has 0 atom stereocenters. The summed E-state index contributed by atoms with van der Waals surface area (Å²) in [6.45, 7) is 1.69. The number of rotatable bonds is 8. The molecular formula is C22H19N5O5S. The van der Waals surface area contributed by atoms with Crippen LogP contribution in [0.25, 0.3) is 0 Å². The molecule has 11 heteroatoms. The fourth-order valence-electron chi connectivity index (χ4n) is 2.79. The molecule has 0 aliphatic rings. The predicted molar refractivity (Wildman–Crippen MR) is 124 cm³/mol. The number of nitriles is 1. The summed E-state index contributed by atoms with van der Waals surface area (Å²) in [5, 5.41) is 24.6. The first-order valence-corrected chi connectivity index (χ1v) is 11.0. The van der Waals surface area contributed by atoms with Gasteiger partial charge in [-0.1, -0.05) is 12.1 Å². The molecule has 0 fully saturated rings. The summed E-state index contributed by atoms with van der Waals surface area (Å²) in [7, 11) is -2.58. The van der Waals surface area contributed by atoms with Crippen molar-refractivity contribution in [1.29, 1.82) is 5.26 Å². The van der Waals surface area contributed by atoms with Crippen LogP contribution in [0, 0.1) is 21.4 Å². The van der Waals surface area contributed by atoms with Crippen LogP contribution in [0.5, 0.6) is 5.75 Å². The highest BCUT2D eigenvalue weighted by molar-refractivity contribution is 7.92. The number of nitro groups is 1. The Balaban J connectivity index is 1.84. The van der Waals surface area contributed by atoms with Gasteiger partial charge in [0.1, 0.15) is 11.4 Å². The Hall–Kier alpha value is -4.43. The van der Waals surface area contributed by atoms with Crippen LogP contribution in [0.4, 0.5) is 17.1 Å². The van der Waals surface area contributed by atoms with Gasteiger partial charge in [-0.05, 0) is 61.0 Å². The molecule has 2 N–H and O–H groups in total. The zero-order valence-corrected chi connectivity index (χ0v) is 18.5. The number of hydrogen-bond donors (Lipinski definition) is 2. The fraction of sp³-hybridized carbons (Fsp3) is 0.0909. The molecule has 3 rings (SSSR count). The summed E-state index contributed by atoms with van der Waals surface area (Å²) < 4.78 is 32.8. The number of sulfonamides is 1. The quantitative estimate of drug-likeness (QED) is 0.289. The Labute approximate surface area is 190 Å². The molecule has 0 heterocycles. The van der Waals surface area contributed by atoms with Crippen molar-refractivity contribution in [3.63, 3.8) is 0 Å². The summed E-state index contributed by atoms with van der Waals surface area (Å²) in [5.41, 5.74) is 4.20. The highest BCUT2D eigenvalue weighted by Gasteiger charge is 2.21. The Morgan fingerprint density at radius 3 is 2.33 bits per heavy atom. The Kier molecular flexibility index (Phi) is 6.90. The molecule has 0 aromatic heterocycles. The van der Waals surface area contributed by atoms with E-state index in [0.717, 1.165) is 6.07 Å². The van der Waals surface area contributed by atoms with E-state index in [4.69, 9.17) is 10.00 Å². The minimum Gasteiger partial charge on any atom is -0.497 e. The third kappa shape index (κ3) is 5.63. The van der Waals surface area contributed by atoms with Gasteiger partial charge in [0.25, 0.3) is 15.7 Å². The predicted octanol–water partition coefficient (Wildman–Crippen LogP) is 4.11. The van der Waals surface area contributed by atoms with Crippen molar-refractivity contribution in [1.82, 2.24) is 0 Å². The van der Waals surface area contributed by atoms with E-state index in [-0.39, 0.29) is 16.3 Å². The third-order valence-electron chi connectivity index (χ3n) is 4.59. The van der Waals surface area contributed by atoms with Gasteiger partial charge in [-0.25, -0.2) is 8.42 Å². The number of nitrogens with zero attached hydrogens (tertiary/aromatic N) is 3. The average molecular weight is 465 g/mol. The molecule has 168 valence electrons. The van der Waals surface area contributed by atoms with Crippen molar-refractivity contribution >= 4 is 32.8 Å². The molecule has 0 aliphatic carbocycles. The van der Waals surface area contributed by atoms with Crippen LogP contribution in [-0.2, 0) is 10.0 Å². The van der Waals surface area contributed by atoms with Crippen LogP contribution >= 0.6 is 0 Å². The van der Waals surface area contributed by atoms with Crippen molar-refractivity contribution in [3.05, 3.63) is 88.0 Å². The number of methoxy groups -OCH3 is 1. The lowest BCUT2D eigenvalue weighted by atomic mass is 10.1. The van der Waals surface area contributed by atoms with E-state index in [9.17, 15) is 18.5 Å². The zero-order valence-electron chi connectivity index (χ0n) is 17.6. The van der Waals surface area contributed by atoms with E-state index >= 15 is 0 Å². The van der Waals surface area contributed by atoms with Gasteiger partial charge in [0.2, 0.25) is 0 Å².